The lowest BCUT2D eigenvalue weighted by Gasteiger charge is -2.23. The topological polar surface area (TPSA) is 65.8 Å². The molecule has 2 heterocycles. The molecule has 0 aromatic carbocycles. The van der Waals surface area contributed by atoms with Crippen LogP contribution in [0.5, 0.6) is 5.88 Å². The van der Waals surface area contributed by atoms with Gasteiger partial charge < -0.3 is 14.9 Å². The third kappa shape index (κ3) is 2.02. The van der Waals surface area contributed by atoms with Crippen LogP contribution in [0.4, 0.5) is 0 Å². The Morgan fingerprint density at radius 2 is 2.00 bits per heavy atom. The molecule has 1 aromatic rings. The SMILES string of the molecule is COc1ccc(CN2CC3C(C2)C3(CO)CO)cn1. The van der Waals surface area contributed by atoms with Gasteiger partial charge in [0.05, 0.1) is 20.3 Å². The van der Waals surface area contributed by atoms with Crippen molar-refractivity contribution in [3.8, 4) is 5.88 Å². The number of aliphatic hydroxyl groups is 2. The van der Waals surface area contributed by atoms with E-state index in [4.69, 9.17) is 4.74 Å². The minimum atomic E-state index is -0.200. The van der Waals surface area contributed by atoms with Gasteiger partial charge in [-0.25, -0.2) is 4.98 Å². The molecule has 2 aliphatic rings. The fraction of sp³-hybridized carbons (Fsp3) is 0.643. The number of hydrogen-bond acceptors (Lipinski definition) is 5. The van der Waals surface area contributed by atoms with E-state index in [1.165, 1.54) is 5.56 Å². The molecule has 0 bridgehead atoms. The van der Waals surface area contributed by atoms with Crippen molar-refractivity contribution >= 4 is 0 Å². The standard InChI is InChI=1S/C14H20N2O3/c1-19-13-3-2-10(4-15-13)5-16-6-11-12(7-16)14(11,8-17)9-18/h2-4,11-12,17-18H,5-9H2,1H3. The molecule has 2 fully saturated rings. The van der Waals surface area contributed by atoms with Crippen molar-refractivity contribution in [2.45, 2.75) is 6.54 Å². The van der Waals surface area contributed by atoms with Crippen molar-refractivity contribution in [3.63, 3.8) is 0 Å². The molecule has 1 saturated heterocycles. The monoisotopic (exact) mass is 264 g/mol. The van der Waals surface area contributed by atoms with E-state index in [0.717, 1.165) is 19.6 Å². The van der Waals surface area contributed by atoms with E-state index in [1.54, 1.807) is 7.11 Å². The molecule has 1 aliphatic heterocycles. The van der Waals surface area contributed by atoms with Crippen molar-refractivity contribution < 1.29 is 14.9 Å². The highest BCUT2D eigenvalue weighted by Gasteiger charge is 2.67. The van der Waals surface area contributed by atoms with E-state index in [-0.39, 0.29) is 18.6 Å². The quantitative estimate of drug-likeness (QED) is 0.791. The first-order chi connectivity index (χ1) is 9.23. The van der Waals surface area contributed by atoms with Gasteiger partial charge in [0, 0.05) is 37.3 Å². The molecule has 0 radical (unpaired) electrons. The minimum absolute atomic E-state index is 0.108. The van der Waals surface area contributed by atoms with E-state index < -0.39 is 0 Å². The van der Waals surface area contributed by atoms with E-state index in [0.29, 0.717) is 17.7 Å². The van der Waals surface area contributed by atoms with E-state index in [2.05, 4.69) is 9.88 Å². The first kappa shape index (κ1) is 12.8. The highest BCUT2D eigenvalue weighted by molar-refractivity contribution is 5.20. The summed E-state index contributed by atoms with van der Waals surface area (Å²) in [6.07, 6.45) is 1.84. The summed E-state index contributed by atoms with van der Waals surface area (Å²) in [5, 5.41) is 18.8. The Bertz CT molecular complexity index is 431. The second-order valence-electron chi connectivity index (χ2n) is 5.67. The second-order valence-corrected chi connectivity index (χ2v) is 5.67. The van der Waals surface area contributed by atoms with Crippen molar-refractivity contribution in [1.82, 2.24) is 9.88 Å². The van der Waals surface area contributed by atoms with Gasteiger partial charge in [0.15, 0.2) is 0 Å². The van der Waals surface area contributed by atoms with Crippen LogP contribution in [-0.2, 0) is 6.54 Å². The van der Waals surface area contributed by atoms with Gasteiger partial charge in [0.1, 0.15) is 0 Å². The molecule has 1 aromatic heterocycles. The summed E-state index contributed by atoms with van der Waals surface area (Å²) in [6.45, 7) is 3.00. The predicted molar refractivity (Wildman–Crippen MR) is 69.7 cm³/mol. The van der Waals surface area contributed by atoms with Gasteiger partial charge in [-0.2, -0.15) is 0 Å². The second kappa shape index (κ2) is 4.74. The lowest BCUT2D eigenvalue weighted by atomic mass is 10.0. The first-order valence-electron chi connectivity index (χ1n) is 6.66. The molecule has 104 valence electrons. The molecule has 2 atom stereocenters. The minimum Gasteiger partial charge on any atom is -0.481 e. The summed E-state index contributed by atoms with van der Waals surface area (Å²) in [5.41, 5.74) is 0.968. The van der Waals surface area contributed by atoms with Crippen molar-refractivity contribution in [2.75, 3.05) is 33.4 Å². The molecule has 5 nitrogen and oxygen atoms in total. The van der Waals surface area contributed by atoms with E-state index in [9.17, 15) is 10.2 Å². The molecule has 0 amide bonds. The van der Waals surface area contributed by atoms with Crippen LogP contribution >= 0.6 is 0 Å². The molecule has 0 spiro atoms. The molecule has 5 heteroatoms. The number of likely N-dealkylation sites (tertiary alicyclic amines) is 1. The number of methoxy groups -OCH3 is 1. The Hall–Kier alpha value is -1.17. The Labute approximate surface area is 112 Å². The molecule has 1 aliphatic carbocycles. The van der Waals surface area contributed by atoms with Crippen LogP contribution in [0.1, 0.15) is 5.56 Å². The molecule has 19 heavy (non-hydrogen) atoms. The summed E-state index contributed by atoms with van der Waals surface area (Å²) in [7, 11) is 1.61. The van der Waals surface area contributed by atoms with Gasteiger partial charge in [0.2, 0.25) is 5.88 Å². The lowest BCUT2D eigenvalue weighted by Crippen LogP contribution is -2.31. The van der Waals surface area contributed by atoms with Gasteiger partial charge in [-0.3, -0.25) is 4.90 Å². The van der Waals surface area contributed by atoms with Crippen LogP contribution in [-0.4, -0.2) is 53.5 Å². The number of piperidine rings is 1. The Morgan fingerprint density at radius 1 is 1.32 bits per heavy atom. The average Bonchev–Trinajstić information content (AvgIpc) is 2.82. The molecular formula is C14H20N2O3. The predicted octanol–water partition coefficient (Wildman–Crippen LogP) is 0.123. The summed E-state index contributed by atoms with van der Waals surface area (Å²) in [5.74, 6) is 1.54. The fourth-order valence-electron chi connectivity index (χ4n) is 3.45. The number of rotatable bonds is 5. The third-order valence-corrected chi connectivity index (χ3v) is 4.76. The maximum absolute atomic E-state index is 9.39. The molecular weight excluding hydrogens is 244 g/mol. The van der Waals surface area contributed by atoms with Crippen LogP contribution in [0.3, 0.4) is 0 Å². The number of aliphatic hydroxyl groups excluding tert-OH is 2. The van der Waals surface area contributed by atoms with Crippen LogP contribution < -0.4 is 4.74 Å². The Kier molecular flexibility index (Phi) is 3.20. The molecule has 2 N–H and O–H groups in total. The van der Waals surface area contributed by atoms with Gasteiger partial charge in [0.25, 0.3) is 0 Å². The number of hydrogen-bond donors (Lipinski definition) is 2. The van der Waals surface area contributed by atoms with Crippen LogP contribution in [0.2, 0.25) is 0 Å². The zero-order valence-corrected chi connectivity index (χ0v) is 11.1. The zero-order chi connectivity index (χ0) is 13.5. The maximum Gasteiger partial charge on any atom is 0.212 e. The number of ether oxygens (including phenoxy) is 1. The lowest BCUT2D eigenvalue weighted by molar-refractivity contribution is 0.0868. The highest BCUT2D eigenvalue weighted by atomic mass is 16.5. The van der Waals surface area contributed by atoms with Crippen LogP contribution in [0, 0.1) is 17.3 Å². The van der Waals surface area contributed by atoms with Crippen molar-refractivity contribution in [1.29, 1.82) is 0 Å². The highest BCUT2D eigenvalue weighted by Crippen LogP contribution is 2.62. The smallest absolute Gasteiger partial charge is 0.212 e. The summed E-state index contributed by atoms with van der Waals surface area (Å²) < 4.78 is 5.04. The Morgan fingerprint density at radius 3 is 2.47 bits per heavy atom. The van der Waals surface area contributed by atoms with Crippen LogP contribution in [0.15, 0.2) is 18.3 Å². The summed E-state index contributed by atoms with van der Waals surface area (Å²) in [6, 6.07) is 3.90. The van der Waals surface area contributed by atoms with Crippen molar-refractivity contribution in [3.05, 3.63) is 23.9 Å². The molecule has 1 saturated carbocycles. The maximum atomic E-state index is 9.39. The van der Waals surface area contributed by atoms with Crippen LogP contribution in [0.25, 0.3) is 0 Å². The van der Waals surface area contributed by atoms with Gasteiger partial charge >= 0.3 is 0 Å². The third-order valence-electron chi connectivity index (χ3n) is 4.76. The van der Waals surface area contributed by atoms with Gasteiger partial charge in [-0.1, -0.05) is 6.07 Å². The summed E-state index contributed by atoms with van der Waals surface area (Å²) >= 11 is 0. The van der Waals surface area contributed by atoms with Gasteiger partial charge in [-0.05, 0) is 17.4 Å². The van der Waals surface area contributed by atoms with Gasteiger partial charge in [-0.15, -0.1) is 0 Å². The zero-order valence-electron chi connectivity index (χ0n) is 11.1. The van der Waals surface area contributed by atoms with E-state index in [1.807, 2.05) is 18.3 Å². The summed E-state index contributed by atoms with van der Waals surface area (Å²) in [4.78, 5) is 6.57. The normalized spacial score (nSPS) is 28.2. The molecule has 3 rings (SSSR count). The fourth-order valence-corrected chi connectivity index (χ4v) is 3.45. The Balaban J connectivity index is 1.57. The largest absolute Gasteiger partial charge is 0.481 e. The first-order valence-corrected chi connectivity index (χ1v) is 6.66. The molecule has 2 unspecified atom stereocenters. The van der Waals surface area contributed by atoms with Crippen molar-refractivity contribution in [2.24, 2.45) is 17.3 Å². The average molecular weight is 264 g/mol. The number of nitrogens with zero attached hydrogens (tertiary/aromatic N) is 2. The number of fused-ring (bicyclic) bond motifs is 1. The van der Waals surface area contributed by atoms with E-state index >= 15 is 0 Å². The number of pyridine rings is 1. The number of aromatic nitrogens is 1.